The lowest BCUT2D eigenvalue weighted by atomic mass is 10.1. The number of aryl methyl sites for hydroxylation is 1. The lowest BCUT2D eigenvalue weighted by Crippen LogP contribution is -2.14. The molecule has 0 N–H and O–H groups in total. The third-order valence-corrected chi connectivity index (χ3v) is 4.94. The molecule has 0 fully saturated rings. The Morgan fingerprint density at radius 3 is 2.19 bits per heavy atom. The van der Waals surface area contributed by atoms with Gasteiger partial charge in [0.25, 0.3) is 0 Å². The Balaban J connectivity index is 2.05. The molecule has 0 aliphatic rings. The maximum Gasteiger partial charge on any atom is 0.418 e. The van der Waals surface area contributed by atoms with Crippen LogP contribution in [-0.4, -0.2) is 30.8 Å². The first kappa shape index (κ1) is 21.0. The summed E-state index contributed by atoms with van der Waals surface area (Å²) in [6.45, 7) is 2.23. The molecule has 0 aliphatic heterocycles. The molecule has 0 radical (unpaired) electrons. The standard InChI is InChI=1S/C22H31NO4/c1-4-5-6-7-8-9-10-11-12-19-16-18-15-17(21(24)26-2)13-14-20(18)23(19)22(25)27-3/h13-16H,4-12H2,1-3H3. The molecule has 0 bridgehead atoms. The maximum absolute atomic E-state index is 12.3. The van der Waals surface area contributed by atoms with Gasteiger partial charge in [-0.25, -0.2) is 14.2 Å². The highest BCUT2D eigenvalue weighted by Crippen LogP contribution is 2.24. The zero-order chi connectivity index (χ0) is 19.6. The van der Waals surface area contributed by atoms with Crippen LogP contribution in [0.25, 0.3) is 10.9 Å². The number of unbranched alkanes of at least 4 members (excludes halogenated alkanes) is 7. The van der Waals surface area contributed by atoms with E-state index < -0.39 is 6.09 Å². The highest BCUT2D eigenvalue weighted by atomic mass is 16.5. The van der Waals surface area contributed by atoms with Crippen LogP contribution in [0.2, 0.25) is 0 Å². The number of esters is 1. The lowest BCUT2D eigenvalue weighted by molar-refractivity contribution is 0.0601. The fourth-order valence-corrected chi connectivity index (χ4v) is 3.45. The van der Waals surface area contributed by atoms with E-state index >= 15 is 0 Å². The Bertz CT molecular complexity index is 763. The largest absolute Gasteiger partial charge is 0.465 e. The van der Waals surface area contributed by atoms with Crippen molar-refractivity contribution < 1.29 is 19.1 Å². The molecule has 1 heterocycles. The Kier molecular flexibility index (Phi) is 8.37. The zero-order valence-corrected chi connectivity index (χ0v) is 16.8. The molecule has 0 atom stereocenters. The lowest BCUT2D eigenvalue weighted by Gasteiger charge is -2.08. The van der Waals surface area contributed by atoms with E-state index in [1.165, 1.54) is 52.7 Å². The van der Waals surface area contributed by atoms with Crippen LogP contribution in [0.3, 0.4) is 0 Å². The zero-order valence-electron chi connectivity index (χ0n) is 16.8. The number of aromatic nitrogens is 1. The summed E-state index contributed by atoms with van der Waals surface area (Å²) in [4.78, 5) is 24.0. The summed E-state index contributed by atoms with van der Waals surface area (Å²) < 4.78 is 11.3. The van der Waals surface area contributed by atoms with Crippen molar-refractivity contribution in [3.63, 3.8) is 0 Å². The Morgan fingerprint density at radius 1 is 0.889 bits per heavy atom. The summed E-state index contributed by atoms with van der Waals surface area (Å²) in [6, 6.07) is 7.18. The fraction of sp³-hybridized carbons (Fsp3) is 0.545. The molecule has 1 aromatic heterocycles. The highest BCUT2D eigenvalue weighted by Gasteiger charge is 2.17. The first-order valence-electron chi connectivity index (χ1n) is 9.93. The van der Waals surface area contributed by atoms with Crippen LogP contribution < -0.4 is 0 Å². The van der Waals surface area contributed by atoms with Crippen molar-refractivity contribution in [3.8, 4) is 0 Å². The smallest absolute Gasteiger partial charge is 0.418 e. The molecule has 0 unspecified atom stereocenters. The Morgan fingerprint density at radius 2 is 1.56 bits per heavy atom. The molecule has 0 saturated carbocycles. The molecule has 148 valence electrons. The maximum atomic E-state index is 12.3. The first-order valence-corrected chi connectivity index (χ1v) is 9.93. The van der Waals surface area contributed by atoms with Crippen LogP contribution in [0, 0.1) is 0 Å². The van der Waals surface area contributed by atoms with Crippen LogP contribution in [0.15, 0.2) is 24.3 Å². The van der Waals surface area contributed by atoms with Crippen molar-refractivity contribution in [3.05, 3.63) is 35.5 Å². The van der Waals surface area contributed by atoms with Crippen LogP contribution >= 0.6 is 0 Å². The number of fused-ring (bicyclic) bond motifs is 1. The van der Waals surface area contributed by atoms with Gasteiger partial charge in [-0.05, 0) is 37.1 Å². The van der Waals surface area contributed by atoms with Crippen LogP contribution in [0.5, 0.6) is 0 Å². The van der Waals surface area contributed by atoms with Gasteiger partial charge in [-0.1, -0.05) is 51.9 Å². The molecule has 1 aromatic carbocycles. The van der Waals surface area contributed by atoms with Gasteiger partial charge in [0.2, 0.25) is 0 Å². The van der Waals surface area contributed by atoms with E-state index in [1.807, 2.05) is 6.07 Å². The SMILES string of the molecule is CCCCCCCCCCc1cc2cc(C(=O)OC)ccc2n1C(=O)OC. The number of carbonyl (C=O) groups excluding carboxylic acids is 2. The second-order valence-electron chi connectivity index (χ2n) is 6.93. The number of rotatable bonds is 10. The number of methoxy groups -OCH3 is 2. The van der Waals surface area contributed by atoms with Gasteiger partial charge in [0.05, 0.1) is 25.3 Å². The number of hydrogen-bond acceptors (Lipinski definition) is 4. The van der Waals surface area contributed by atoms with Gasteiger partial charge >= 0.3 is 12.1 Å². The van der Waals surface area contributed by atoms with Gasteiger partial charge in [0.1, 0.15) is 0 Å². The van der Waals surface area contributed by atoms with E-state index in [0.29, 0.717) is 5.56 Å². The molecular formula is C22H31NO4. The second kappa shape index (κ2) is 10.8. The van der Waals surface area contributed by atoms with Crippen molar-refractivity contribution in [2.75, 3.05) is 14.2 Å². The molecule has 0 spiro atoms. The van der Waals surface area contributed by atoms with Crippen LogP contribution in [0.1, 0.15) is 74.3 Å². The number of nitrogens with zero attached hydrogens (tertiary/aromatic N) is 1. The molecule has 0 amide bonds. The van der Waals surface area contributed by atoms with Gasteiger partial charge in [0.15, 0.2) is 0 Å². The van der Waals surface area contributed by atoms with Crippen molar-refractivity contribution in [1.82, 2.24) is 4.57 Å². The number of carbonyl (C=O) groups is 2. The van der Waals surface area contributed by atoms with Crippen molar-refractivity contribution >= 4 is 23.0 Å². The summed E-state index contributed by atoms with van der Waals surface area (Å²) in [6.07, 6.45) is 10.4. The second-order valence-corrected chi connectivity index (χ2v) is 6.93. The molecule has 5 heteroatoms. The van der Waals surface area contributed by atoms with Gasteiger partial charge in [-0.3, -0.25) is 0 Å². The third kappa shape index (κ3) is 5.59. The van der Waals surface area contributed by atoms with Gasteiger partial charge in [-0.15, -0.1) is 0 Å². The summed E-state index contributed by atoms with van der Waals surface area (Å²) in [5.74, 6) is -0.382. The van der Waals surface area contributed by atoms with E-state index in [9.17, 15) is 9.59 Å². The predicted molar refractivity (Wildman–Crippen MR) is 107 cm³/mol. The highest BCUT2D eigenvalue weighted by molar-refractivity contribution is 5.97. The topological polar surface area (TPSA) is 57.5 Å². The van der Waals surface area contributed by atoms with Crippen molar-refractivity contribution in [1.29, 1.82) is 0 Å². The fourth-order valence-electron chi connectivity index (χ4n) is 3.45. The van der Waals surface area contributed by atoms with Crippen molar-refractivity contribution in [2.45, 2.75) is 64.7 Å². The molecular weight excluding hydrogens is 342 g/mol. The van der Waals surface area contributed by atoms with E-state index in [4.69, 9.17) is 9.47 Å². The monoisotopic (exact) mass is 373 g/mol. The molecule has 0 aliphatic carbocycles. The molecule has 27 heavy (non-hydrogen) atoms. The number of benzene rings is 1. The minimum absolute atomic E-state index is 0.382. The van der Waals surface area contributed by atoms with Crippen LogP contribution in [-0.2, 0) is 15.9 Å². The summed E-state index contributed by atoms with van der Waals surface area (Å²) >= 11 is 0. The summed E-state index contributed by atoms with van der Waals surface area (Å²) in [5.41, 5.74) is 2.15. The Hall–Kier alpha value is -2.30. The van der Waals surface area contributed by atoms with E-state index in [0.717, 1.165) is 35.9 Å². The van der Waals surface area contributed by atoms with E-state index in [1.54, 1.807) is 22.8 Å². The molecule has 2 aromatic rings. The van der Waals surface area contributed by atoms with Crippen LogP contribution in [0.4, 0.5) is 4.79 Å². The molecule has 0 saturated heterocycles. The van der Waals surface area contributed by atoms with Gasteiger partial charge in [0, 0.05) is 11.1 Å². The quantitative estimate of drug-likeness (QED) is 0.394. The molecule has 2 rings (SSSR count). The minimum atomic E-state index is -0.398. The average molecular weight is 373 g/mol. The average Bonchev–Trinajstić information content (AvgIpc) is 3.06. The summed E-state index contributed by atoms with van der Waals surface area (Å²) in [5, 5.41) is 0.845. The summed E-state index contributed by atoms with van der Waals surface area (Å²) in [7, 11) is 2.75. The first-order chi connectivity index (χ1) is 13.1. The molecule has 5 nitrogen and oxygen atoms in total. The Labute approximate surface area is 161 Å². The van der Waals surface area contributed by atoms with Gasteiger partial charge < -0.3 is 9.47 Å². The van der Waals surface area contributed by atoms with Crippen molar-refractivity contribution in [2.24, 2.45) is 0 Å². The minimum Gasteiger partial charge on any atom is -0.465 e. The predicted octanol–water partition coefficient (Wildman–Crippen LogP) is 5.73. The van der Waals surface area contributed by atoms with Gasteiger partial charge in [-0.2, -0.15) is 0 Å². The third-order valence-electron chi connectivity index (χ3n) is 4.94. The van der Waals surface area contributed by atoms with E-state index in [2.05, 4.69) is 6.92 Å². The normalized spacial score (nSPS) is 10.9. The van der Waals surface area contributed by atoms with E-state index in [-0.39, 0.29) is 5.97 Å². The number of hydrogen-bond donors (Lipinski definition) is 0. The number of ether oxygens (including phenoxy) is 2.